The molecule has 10 nitrogen and oxygen atoms in total. The minimum absolute atomic E-state index is 0.00747. The minimum atomic E-state index is -0.0976. The van der Waals surface area contributed by atoms with E-state index in [-0.39, 0.29) is 23.9 Å². The summed E-state index contributed by atoms with van der Waals surface area (Å²) < 4.78 is 7.30. The third kappa shape index (κ3) is 6.55. The van der Waals surface area contributed by atoms with E-state index < -0.39 is 0 Å². The molecule has 3 heterocycles. The summed E-state index contributed by atoms with van der Waals surface area (Å²) in [5.41, 5.74) is 0.806. The van der Waals surface area contributed by atoms with Crippen LogP contribution in [0, 0.1) is 5.92 Å². The molecule has 0 bridgehead atoms. The Morgan fingerprint density at radius 3 is 2.85 bits per heavy atom. The van der Waals surface area contributed by atoms with Gasteiger partial charge in [-0.2, -0.15) is 10.1 Å². The van der Waals surface area contributed by atoms with Gasteiger partial charge in [0, 0.05) is 37.9 Å². The molecule has 2 atom stereocenters. The highest BCUT2D eigenvalue weighted by Gasteiger charge is 2.33. The zero-order chi connectivity index (χ0) is 23.2. The van der Waals surface area contributed by atoms with Crippen molar-refractivity contribution in [2.75, 3.05) is 43.5 Å². The number of nitrogens with zero attached hydrogens (tertiary/aromatic N) is 5. The van der Waals surface area contributed by atoms with Crippen LogP contribution in [-0.4, -0.2) is 75.5 Å². The van der Waals surface area contributed by atoms with Crippen LogP contribution in [0.3, 0.4) is 0 Å². The first-order chi connectivity index (χ1) is 16.0. The van der Waals surface area contributed by atoms with E-state index >= 15 is 0 Å². The number of carbonyl (C=O) groups excluding carboxylic acids is 1. The molecule has 1 aliphatic heterocycles. The Balaban J connectivity index is 1.35. The fraction of sp³-hybridized carbons (Fsp3) is 0.636. The first kappa shape index (κ1) is 23.7. The Labute approximate surface area is 199 Å². The maximum Gasteiger partial charge on any atom is 0.229 e. The third-order valence-electron chi connectivity index (χ3n) is 5.99. The fourth-order valence-electron chi connectivity index (χ4n) is 4.29. The number of aromatic nitrogens is 4. The normalized spacial score (nSPS) is 21.3. The van der Waals surface area contributed by atoms with Crippen LogP contribution >= 0.6 is 11.6 Å². The van der Waals surface area contributed by atoms with Crippen LogP contribution < -0.4 is 16.0 Å². The zero-order valence-electron chi connectivity index (χ0n) is 19.3. The molecule has 2 aliphatic rings. The molecule has 0 aromatic carbocycles. The van der Waals surface area contributed by atoms with Crippen LogP contribution in [0.25, 0.3) is 0 Å². The number of hydrogen-bond acceptors (Lipinski definition) is 8. The van der Waals surface area contributed by atoms with Crippen molar-refractivity contribution in [1.82, 2.24) is 30.0 Å². The lowest BCUT2D eigenvalue weighted by atomic mass is 10.0. The third-order valence-corrected chi connectivity index (χ3v) is 6.26. The number of nitrogens with one attached hydrogen (secondary N) is 3. The second-order valence-corrected chi connectivity index (χ2v) is 9.32. The van der Waals surface area contributed by atoms with Crippen LogP contribution in [-0.2, 0) is 16.1 Å². The average Bonchev–Trinajstić information content (AvgIpc) is 3.44. The maximum atomic E-state index is 12.6. The number of rotatable bonds is 9. The summed E-state index contributed by atoms with van der Waals surface area (Å²) in [6.45, 7) is 9.18. The Morgan fingerprint density at radius 1 is 1.24 bits per heavy atom. The number of amides is 1. The quantitative estimate of drug-likeness (QED) is 0.506. The Hall–Kier alpha value is -2.43. The molecule has 1 saturated heterocycles. The van der Waals surface area contributed by atoms with Crippen molar-refractivity contribution in [1.29, 1.82) is 0 Å². The van der Waals surface area contributed by atoms with Crippen LogP contribution in [0.2, 0.25) is 5.02 Å². The summed E-state index contributed by atoms with van der Waals surface area (Å²) in [5, 5.41) is 14.5. The van der Waals surface area contributed by atoms with Gasteiger partial charge < -0.3 is 20.7 Å². The summed E-state index contributed by atoms with van der Waals surface area (Å²) in [4.78, 5) is 23.8. The van der Waals surface area contributed by atoms with Gasteiger partial charge in [-0.15, -0.1) is 0 Å². The largest absolute Gasteiger partial charge is 0.379 e. The number of anilines is 3. The molecular weight excluding hydrogens is 444 g/mol. The highest BCUT2D eigenvalue weighted by Crippen LogP contribution is 2.31. The molecule has 0 radical (unpaired) electrons. The van der Waals surface area contributed by atoms with Crippen LogP contribution in [0.15, 0.2) is 18.6 Å². The number of halogens is 1. The highest BCUT2D eigenvalue weighted by atomic mass is 35.5. The van der Waals surface area contributed by atoms with Crippen molar-refractivity contribution >= 4 is 35.0 Å². The number of carbonyl (C=O) groups is 1. The molecule has 2 fully saturated rings. The van der Waals surface area contributed by atoms with Gasteiger partial charge in [-0.25, -0.2) is 4.98 Å². The van der Waals surface area contributed by atoms with Gasteiger partial charge >= 0.3 is 0 Å². The Kier molecular flexibility index (Phi) is 8.00. The number of hydrogen-bond donors (Lipinski definition) is 3. The van der Waals surface area contributed by atoms with E-state index in [0.29, 0.717) is 16.8 Å². The molecule has 1 aliphatic carbocycles. The van der Waals surface area contributed by atoms with E-state index in [9.17, 15) is 4.79 Å². The molecule has 2 aromatic rings. The second-order valence-electron chi connectivity index (χ2n) is 8.91. The van der Waals surface area contributed by atoms with Crippen molar-refractivity contribution < 1.29 is 9.53 Å². The Morgan fingerprint density at radius 2 is 2.06 bits per heavy atom. The molecule has 2 aromatic heterocycles. The molecule has 3 N–H and O–H groups in total. The zero-order valence-corrected chi connectivity index (χ0v) is 20.0. The highest BCUT2D eigenvalue weighted by molar-refractivity contribution is 6.32. The summed E-state index contributed by atoms with van der Waals surface area (Å²) in [6, 6.07) is 0.110. The number of ether oxygens (including phenoxy) is 1. The molecular formula is C22H33ClN8O2. The lowest BCUT2D eigenvalue weighted by Crippen LogP contribution is -2.41. The molecule has 0 unspecified atom stereocenters. The van der Waals surface area contributed by atoms with Gasteiger partial charge in [0.15, 0.2) is 5.82 Å². The fourth-order valence-corrected chi connectivity index (χ4v) is 4.44. The van der Waals surface area contributed by atoms with Gasteiger partial charge in [0.25, 0.3) is 0 Å². The SMILES string of the molecule is CC(C)NC(=O)[C@H]1CCC[C@H]1Nc1nc(Nc2cnn(CCN3CCOCC3)c2)ncc1Cl. The minimum Gasteiger partial charge on any atom is -0.379 e. The average molecular weight is 477 g/mol. The van der Waals surface area contributed by atoms with Crippen LogP contribution in [0.1, 0.15) is 33.1 Å². The molecule has 180 valence electrons. The van der Waals surface area contributed by atoms with Crippen LogP contribution in [0.5, 0.6) is 0 Å². The van der Waals surface area contributed by atoms with Gasteiger partial charge in [-0.05, 0) is 26.7 Å². The van der Waals surface area contributed by atoms with Gasteiger partial charge in [0.2, 0.25) is 11.9 Å². The standard InChI is InChI=1S/C22H33ClN8O2/c1-15(2)26-21(32)17-4-3-5-19(17)28-20-18(23)13-24-22(29-20)27-16-12-25-31(14-16)7-6-30-8-10-33-11-9-30/h12-15,17,19H,3-11H2,1-2H3,(H,26,32)(H2,24,27,28,29)/t17-,19+/m0/s1. The van der Waals surface area contributed by atoms with E-state index in [0.717, 1.165) is 64.3 Å². The second kappa shape index (κ2) is 11.1. The lowest BCUT2D eigenvalue weighted by Gasteiger charge is -2.26. The summed E-state index contributed by atoms with van der Waals surface area (Å²) in [6.07, 6.45) is 8.01. The molecule has 4 rings (SSSR count). The van der Waals surface area contributed by atoms with Gasteiger partial charge in [0.05, 0.1) is 43.8 Å². The van der Waals surface area contributed by atoms with Gasteiger partial charge in [-0.3, -0.25) is 14.4 Å². The Bertz CT molecular complexity index is 931. The lowest BCUT2D eigenvalue weighted by molar-refractivity contribution is -0.125. The van der Waals surface area contributed by atoms with Crippen molar-refractivity contribution in [3.63, 3.8) is 0 Å². The predicted molar refractivity (Wildman–Crippen MR) is 128 cm³/mol. The molecule has 33 heavy (non-hydrogen) atoms. The van der Waals surface area contributed by atoms with E-state index in [1.165, 1.54) is 0 Å². The molecule has 1 amide bonds. The summed E-state index contributed by atoms with van der Waals surface area (Å²) in [7, 11) is 0. The van der Waals surface area contributed by atoms with Crippen molar-refractivity contribution in [2.24, 2.45) is 5.92 Å². The van der Waals surface area contributed by atoms with Crippen LogP contribution in [0.4, 0.5) is 17.5 Å². The summed E-state index contributed by atoms with van der Waals surface area (Å²) in [5.74, 6) is 0.937. The van der Waals surface area contributed by atoms with E-state index in [4.69, 9.17) is 16.3 Å². The van der Waals surface area contributed by atoms with Crippen molar-refractivity contribution in [3.05, 3.63) is 23.6 Å². The van der Waals surface area contributed by atoms with Crippen molar-refractivity contribution in [3.8, 4) is 0 Å². The summed E-state index contributed by atoms with van der Waals surface area (Å²) >= 11 is 6.36. The van der Waals surface area contributed by atoms with Crippen molar-refractivity contribution in [2.45, 2.75) is 51.7 Å². The maximum absolute atomic E-state index is 12.6. The van der Waals surface area contributed by atoms with Gasteiger partial charge in [0.1, 0.15) is 5.02 Å². The first-order valence-electron chi connectivity index (χ1n) is 11.7. The van der Waals surface area contributed by atoms with E-state index in [1.807, 2.05) is 24.7 Å². The molecule has 1 saturated carbocycles. The molecule has 11 heteroatoms. The van der Waals surface area contributed by atoms with E-state index in [2.05, 4.69) is 35.9 Å². The van der Waals surface area contributed by atoms with Gasteiger partial charge in [-0.1, -0.05) is 18.0 Å². The topological polar surface area (TPSA) is 109 Å². The first-order valence-corrected chi connectivity index (χ1v) is 12.0. The predicted octanol–water partition coefficient (Wildman–Crippen LogP) is 2.51. The monoisotopic (exact) mass is 476 g/mol. The molecule has 0 spiro atoms. The number of morpholine rings is 1. The van der Waals surface area contributed by atoms with E-state index in [1.54, 1.807) is 12.4 Å². The smallest absolute Gasteiger partial charge is 0.229 e.